The number of fused-ring (bicyclic) bond motifs is 2. The number of hydrogen-bond acceptors (Lipinski definition) is 10. The summed E-state index contributed by atoms with van der Waals surface area (Å²) in [5.41, 5.74) is 1.86. The number of benzene rings is 4. The third kappa shape index (κ3) is 10.5. The summed E-state index contributed by atoms with van der Waals surface area (Å²) < 4.78 is 76.7. The molecule has 66 heavy (non-hydrogen) atoms. The lowest BCUT2D eigenvalue weighted by atomic mass is 9.96. The topological polar surface area (TPSA) is 185 Å². The fraction of sp³-hybridized carbons (Fsp3) is 0.255. The van der Waals surface area contributed by atoms with Crippen LogP contribution in [0.15, 0.2) is 126 Å². The number of nitrogens with zero attached hydrogens (tertiary/aromatic N) is 5. The predicted octanol–water partition coefficient (Wildman–Crippen LogP) is 7.67. The Bertz CT molecular complexity index is 2870. The van der Waals surface area contributed by atoms with Gasteiger partial charge in [-0.05, 0) is 116 Å². The normalized spacial score (nSPS) is 14.8. The lowest BCUT2D eigenvalue weighted by Crippen LogP contribution is -2.39. The van der Waals surface area contributed by atoms with Crippen LogP contribution < -0.4 is 15.4 Å². The maximum absolute atomic E-state index is 13.1. The first-order chi connectivity index (χ1) is 31.5. The molecular formula is C47H46F3N7O8S. The monoisotopic (exact) mass is 925 g/mol. The molecule has 3 N–H and O–H groups in total. The molecule has 2 aliphatic heterocycles. The molecule has 1 fully saturated rings. The van der Waals surface area contributed by atoms with E-state index < -0.39 is 33.4 Å². The van der Waals surface area contributed by atoms with Crippen molar-refractivity contribution in [1.29, 1.82) is 0 Å². The molecule has 6 aromatic rings. The Morgan fingerprint density at radius 3 is 2.20 bits per heavy atom. The number of aryl methyl sites for hydroxylation is 1. The van der Waals surface area contributed by atoms with Gasteiger partial charge in [-0.25, -0.2) is 13.4 Å². The van der Waals surface area contributed by atoms with E-state index in [0.717, 1.165) is 52.3 Å². The van der Waals surface area contributed by atoms with E-state index in [2.05, 4.69) is 15.6 Å². The first kappa shape index (κ1) is 46.7. The van der Waals surface area contributed by atoms with Gasteiger partial charge in [0.25, 0.3) is 27.7 Å². The Morgan fingerprint density at radius 2 is 1.55 bits per heavy atom. The highest BCUT2D eigenvalue weighted by Gasteiger charge is 2.38. The molecule has 3 amide bonds. The maximum atomic E-state index is 13.1. The number of hydrogen-bond donors (Lipinski definition) is 3. The number of aliphatic hydroxyl groups is 1. The van der Waals surface area contributed by atoms with E-state index >= 15 is 0 Å². The first-order valence-electron chi connectivity index (χ1n) is 20.8. The van der Waals surface area contributed by atoms with Crippen LogP contribution in [0.1, 0.15) is 50.2 Å². The molecule has 0 atom stereocenters. The highest BCUT2D eigenvalue weighted by atomic mass is 32.2. The van der Waals surface area contributed by atoms with Crippen molar-refractivity contribution in [2.45, 2.75) is 37.4 Å². The van der Waals surface area contributed by atoms with Gasteiger partial charge in [0.05, 0.1) is 22.6 Å². The van der Waals surface area contributed by atoms with E-state index in [0.29, 0.717) is 49.0 Å². The highest BCUT2D eigenvalue weighted by Crippen LogP contribution is 2.35. The zero-order chi connectivity index (χ0) is 47.2. The molecule has 19 heteroatoms. The number of sulfonamides is 1. The van der Waals surface area contributed by atoms with Crippen molar-refractivity contribution in [1.82, 2.24) is 29.3 Å². The number of carbonyl (C=O) groups excluding carboxylic acids is 3. The van der Waals surface area contributed by atoms with E-state index in [1.54, 1.807) is 67.8 Å². The van der Waals surface area contributed by atoms with Crippen molar-refractivity contribution in [3.05, 3.63) is 149 Å². The number of piperidine rings is 1. The predicted molar refractivity (Wildman–Crippen MR) is 239 cm³/mol. The molecule has 0 aliphatic carbocycles. The summed E-state index contributed by atoms with van der Waals surface area (Å²) in [5.74, 6) is -0.0570. The van der Waals surface area contributed by atoms with E-state index in [9.17, 15) is 41.1 Å². The summed E-state index contributed by atoms with van der Waals surface area (Å²) in [4.78, 5) is 43.8. The summed E-state index contributed by atoms with van der Waals surface area (Å²) in [6.45, 7) is 4.79. The molecule has 0 unspecified atom stereocenters. The number of likely N-dealkylation sites (tertiary alicyclic amines) is 1. The molecule has 1 saturated heterocycles. The van der Waals surface area contributed by atoms with Gasteiger partial charge in [-0.2, -0.15) is 18.3 Å². The average Bonchev–Trinajstić information content (AvgIpc) is 3.73. The number of likely N-dealkylation sites (N-methyl/N-ethyl adjacent to an activating group) is 1. The Morgan fingerprint density at radius 1 is 0.879 bits per heavy atom. The van der Waals surface area contributed by atoms with Crippen molar-refractivity contribution >= 4 is 50.2 Å². The largest absolute Gasteiger partial charge is 0.505 e. The second-order valence-corrected chi connectivity index (χ2v) is 17.4. The van der Waals surface area contributed by atoms with E-state index in [4.69, 9.17) is 14.6 Å². The number of ether oxygens (including phenoxy) is 2. The minimum Gasteiger partial charge on any atom is -0.505 e. The number of anilines is 1. The lowest BCUT2D eigenvalue weighted by Gasteiger charge is -2.32. The summed E-state index contributed by atoms with van der Waals surface area (Å²) in [5, 5.41) is 21.4. The minimum absolute atomic E-state index is 0.0469. The zero-order valence-electron chi connectivity index (χ0n) is 36.1. The van der Waals surface area contributed by atoms with Crippen LogP contribution in [0.3, 0.4) is 0 Å². The smallest absolute Gasteiger partial charge is 0.416 e. The molecule has 0 saturated carbocycles. The van der Waals surface area contributed by atoms with Gasteiger partial charge in [0.1, 0.15) is 17.3 Å². The van der Waals surface area contributed by atoms with Gasteiger partial charge in [-0.1, -0.05) is 18.2 Å². The number of pyridine rings is 1. The van der Waals surface area contributed by atoms with Crippen molar-refractivity contribution in [3.8, 4) is 11.5 Å². The van der Waals surface area contributed by atoms with Crippen LogP contribution in [0.4, 0.5) is 19.0 Å². The number of carbonyl (C=O) groups is 3. The third-order valence-corrected chi connectivity index (χ3v) is 13.0. The second-order valence-electron chi connectivity index (χ2n) is 15.5. The van der Waals surface area contributed by atoms with Gasteiger partial charge in [0.15, 0.2) is 11.5 Å². The minimum atomic E-state index is -4.41. The lowest BCUT2D eigenvalue weighted by molar-refractivity contribution is -0.137. The standard InChI is InChI=1S/C32H33F3N4O4.C15H13N3O4S/c1-21-27(30(40)36-15-18-42-2)11-12-29-28(21)20-39(37-29)19-22-13-16-38(17-14-22)31(41)23-3-7-25(8-4-23)43-26-9-5-24(6-10-26)32(33,34)35;1-18-13(15(20)17-12-8-4-5-9-16-12)14(19)10-6-2-3-7-11(10)23(18,21)22/h3-12,20,22H,13-19H2,1-2H3,(H,36,40);2-9,19H,1H3,(H,16,17,20). The van der Waals surface area contributed by atoms with Gasteiger partial charge >= 0.3 is 6.18 Å². The fourth-order valence-electron chi connectivity index (χ4n) is 7.56. The number of amides is 3. The summed E-state index contributed by atoms with van der Waals surface area (Å²) in [6.07, 6.45) is 0.743. The number of rotatable bonds is 11. The molecule has 0 bridgehead atoms. The number of halogens is 3. The quantitative estimate of drug-likeness (QED) is 0.109. The first-order valence-corrected chi connectivity index (χ1v) is 22.2. The molecule has 15 nitrogen and oxygen atoms in total. The van der Waals surface area contributed by atoms with Crippen LogP contribution in [-0.4, -0.2) is 95.6 Å². The summed E-state index contributed by atoms with van der Waals surface area (Å²) >= 11 is 0. The van der Waals surface area contributed by atoms with Crippen molar-refractivity contribution in [2.75, 3.05) is 45.7 Å². The van der Waals surface area contributed by atoms with Gasteiger partial charge in [0, 0.05) is 74.8 Å². The van der Waals surface area contributed by atoms with Gasteiger partial charge in [-0.15, -0.1) is 0 Å². The Hall–Kier alpha value is -7.25. The molecular weight excluding hydrogens is 880 g/mol. The van der Waals surface area contributed by atoms with Crippen molar-refractivity contribution < 1.29 is 50.6 Å². The number of aromatic nitrogens is 3. The van der Waals surface area contributed by atoms with Gasteiger partial charge < -0.3 is 30.1 Å². The van der Waals surface area contributed by atoms with E-state index in [-0.39, 0.29) is 39.5 Å². The van der Waals surface area contributed by atoms with Gasteiger partial charge in [-0.3, -0.25) is 23.4 Å². The van der Waals surface area contributed by atoms with Gasteiger partial charge in [0.2, 0.25) is 0 Å². The maximum Gasteiger partial charge on any atom is 0.416 e. The SMILES string of the molecule is CN1C(C(=O)Nc2ccccn2)=C(O)c2ccccc2S1(=O)=O.COCCNC(=O)c1ccc2nn(CC3CCN(C(=O)c4ccc(Oc5ccc(C(F)(F)F)cc5)cc4)CC3)cc2c1C. The Balaban J connectivity index is 0.000000236. The Kier molecular flexibility index (Phi) is 14.1. The summed E-state index contributed by atoms with van der Waals surface area (Å²) in [7, 11) is -1.10. The molecule has 344 valence electrons. The van der Waals surface area contributed by atoms with Crippen molar-refractivity contribution in [3.63, 3.8) is 0 Å². The number of alkyl halides is 3. The Labute approximate surface area is 378 Å². The number of aliphatic hydroxyl groups excluding tert-OH is 1. The third-order valence-electron chi connectivity index (χ3n) is 11.1. The van der Waals surface area contributed by atoms with Crippen LogP contribution in [0.2, 0.25) is 0 Å². The van der Waals surface area contributed by atoms with Crippen molar-refractivity contribution in [2.24, 2.45) is 5.92 Å². The molecule has 8 rings (SSSR count). The van der Waals surface area contributed by atoms with Crippen LogP contribution in [0.5, 0.6) is 11.5 Å². The second kappa shape index (κ2) is 19.9. The zero-order valence-corrected chi connectivity index (χ0v) is 36.9. The van der Waals surface area contributed by atoms with Crippen LogP contribution in [0.25, 0.3) is 16.7 Å². The highest BCUT2D eigenvalue weighted by molar-refractivity contribution is 7.89. The summed E-state index contributed by atoms with van der Waals surface area (Å²) in [6, 6.07) is 25.6. The van der Waals surface area contributed by atoms with E-state index in [1.807, 2.05) is 28.8 Å². The molecule has 2 aliphatic rings. The van der Waals surface area contributed by atoms with Crippen LogP contribution in [-0.2, 0) is 32.3 Å². The molecule has 4 aromatic carbocycles. The molecule has 2 aromatic heterocycles. The fourth-order valence-corrected chi connectivity index (χ4v) is 8.95. The number of nitrogens with one attached hydrogen (secondary N) is 2. The number of methoxy groups -OCH3 is 1. The molecule has 4 heterocycles. The van der Waals surface area contributed by atoms with E-state index in [1.165, 1.54) is 37.5 Å². The molecule has 0 spiro atoms. The molecule has 0 radical (unpaired) electrons. The van der Waals surface area contributed by atoms with Crippen LogP contribution >= 0.6 is 0 Å². The average molecular weight is 926 g/mol. The van der Waals surface area contributed by atoms with Crippen LogP contribution in [0, 0.1) is 12.8 Å².